The third-order valence-corrected chi connectivity index (χ3v) is 12.6. The van der Waals surface area contributed by atoms with E-state index >= 15 is 0 Å². The summed E-state index contributed by atoms with van der Waals surface area (Å²) in [7, 11) is 0. The van der Waals surface area contributed by atoms with Gasteiger partial charge in [-0.1, -0.05) is 34.8 Å². The minimum absolute atomic E-state index is 0.00187. The Bertz CT molecular complexity index is 905. The van der Waals surface area contributed by atoms with Crippen molar-refractivity contribution in [3.05, 3.63) is 19.6 Å². The molecule has 3 atom stereocenters. The molecule has 0 amide bonds. The number of amidine groups is 1. The Hall–Kier alpha value is -0.520. The van der Waals surface area contributed by atoms with Crippen LogP contribution in [0.4, 0.5) is 0 Å². The topological polar surface area (TPSA) is 67.5 Å². The average molecular weight is 557 g/mol. The monoisotopic (exact) mass is 555 g/mol. The van der Waals surface area contributed by atoms with E-state index in [0.717, 1.165) is 35.5 Å². The summed E-state index contributed by atoms with van der Waals surface area (Å²) >= 11 is 18.5. The minimum atomic E-state index is -1.36. The summed E-state index contributed by atoms with van der Waals surface area (Å²) in [5, 5.41) is 15.9. The number of hydrogen-bond acceptors (Lipinski definition) is 3. The standard InChI is InChI=1S/C28H40Cl3N3O2/c1-15(27-9-17-3-18(10-27)5-19(4-17)11-27)32-26(24(34(35)36)23(29)25(30)31)33-16(2)28-12-20-6-21(13-28)8-22(7-20)14-28/h15-22,24H,3-14H2,1-2H3,(H,32,33). The zero-order valence-corrected chi connectivity index (χ0v) is 23.8. The summed E-state index contributed by atoms with van der Waals surface area (Å²) in [6.45, 7) is 4.40. The fourth-order valence-electron chi connectivity index (χ4n) is 10.7. The number of nitrogens with zero attached hydrogens (tertiary/aromatic N) is 2. The maximum atomic E-state index is 12.4. The lowest BCUT2D eigenvalue weighted by atomic mass is 9.48. The maximum absolute atomic E-state index is 12.4. The van der Waals surface area contributed by atoms with Gasteiger partial charge in [-0.25, -0.2) is 0 Å². The largest absolute Gasteiger partial charge is 0.365 e. The lowest BCUT2D eigenvalue weighted by Crippen LogP contribution is -2.58. The van der Waals surface area contributed by atoms with Gasteiger partial charge in [0.25, 0.3) is 0 Å². The molecule has 8 aliphatic rings. The van der Waals surface area contributed by atoms with Gasteiger partial charge in [-0.3, -0.25) is 15.1 Å². The van der Waals surface area contributed by atoms with E-state index in [2.05, 4.69) is 19.2 Å². The number of halogens is 3. The zero-order chi connectivity index (χ0) is 25.4. The second-order valence-electron chi connectivity index (χ2n) is 13.9. The summed E-state index contributed by atoms with van der Waals surface area (Å²) < 4.78 is -0.252. The predicted molar refractivity (Wildman–Crippen MR) is 146 cm³/mol. The molecule has 8 fully saturated rings. The van der Waals surface area contributed by atoms with E-state index in [-0.39, 0.29) is 37.4 Å². The van der Waals surface area contributed by atoms with Crippen LogP contribution in [0.2, 0.25) is 0 Å². The van der Waals surface area contributed by atoms with Crippen LogP contribution in [0.3, 0.4) is 0 Å². The van der Waals surface area contributed by atoms with Crippen molar-refractivity contribution in [2.24, 2.45) is 51.3 Å². The summed E-state index contributed by atoms with van der Waals surface area (Å²) in [5.41, 5.74) is 0.329. The van der Waals surface area contributed by atoms with Gasteiger partial charge in [-0.2, -0.15) is 0 Å². The molecule has 8 rings (SSSR count). The Morgan fingerprint density at radius 1 is 0.806 bits per heavy atom. The molecule has 0 aromatic carbocycles. The predicted octanol–water partition coefficient (Wildman–Crippen LogP) is 7.72. The molecule has 0 saturated heterocycles. The van der Waals surface area contributed by atoms with Crippen LogP contribution in [-0.4, -0.2) is 28.9 Å². The van der Waals surface area contributed by atoms with Crippen LogP contribution in [-0.2, 0) is 0 Å². The van der Waals surface area contributed by atoms with Gasteiger partial charge in [0.2, 0.25) is 0 Å². The second kappa shape index (κ2) is 9.30. The molecule has 3 unspecified atom stereocenters. The van der Waals surface area contributed by atoms with Crippen molar-refractivity contribution in [3.63, 3.8) is 0 Å². The zero-order valence-electron chi connectivity index (χ0n) is 21.5. The number of hydrogen-bond donors (Lipinski definition) is 1. The molecule has 200 valence electrons. The van der Waals surface area contributed by atoms with Gasteiger partial charge in [0, 0.05) is 11.0 Å². The van der Waals surface area contributed by atoms with Crippen molar-refractivity contribution in [1.29, 1.82) is 0 Å². The molecule has 0 aromatic rings. The lowest BCUT2D eigenvalue weighted by molar-refractivity contribution is -0.492. The van der Waals surface area contributed by atoms with Gasteiger partial charge in [0.05, 0.1) is 6.04 Å². The smallest absolute Gasteiger partial charge is 0.306 e. The van der Waals surface area contributed by atoms with Crippen molar-refractivity contribution in [3.8, 4) is 0 Å². The van der Waals surface area contributed by atoms with Crippen LogP contribution in [0.5, 0.6) is 0 Å². The van der Waals surface area contributed by atoms with Crippen LogP contribution in [0, 0.1) is 56.5 Å². The number of nitro groups is 1. The molecule has 0 radical (unpaired) electrons. The molecule has 8 heteroatoms. The molecule has 0 aromatic heterocycles. The van der Waals surface area contributed by atoms with Crippen molar-refractivity contribution in [1.82, 2.24) is 5.32 Å². The molecule has 5 nitrogen and oxygen atoms in total. The minimum Gasteiger partial charge on any atom is -0.365 e. The van der Waals surface area contributed by atoms with Crippen LogP contribution < -0.4 is 5.32 Å². The first-order valence-corrected chi connectivity index (χ1v) is 15.4. The van der Waals surface area contributed by atoms with Crippen LogP contribution in [0.1, 0.15) is 90.9 Å². The third kappa shape index (κ3) is 4.41. The highest BCUT2D eigenvalue weighted by Gasteiger charge is 2.55. The van der Waals surface area contributed by atoms with E-state index in [1.165, 1.54) is 77.0 Å². The second-order valence-corrected chi connectivity index (χ2v) is 15.3. The van der Waals surface area contributed by atoms with Crippen molar-refractivity contribution in [2.45, 2.75) is 109 Å². The fourth-order valence-corrected chi connectivity index (χ4v) is 11.1. The highest BCUT2D eigenvalue weighted by Crippen LogP contribution is 2.63. The quantitative estimate of drug-likeness (QED) is 0.151. The Morgan fingerprint density at radius 3 is 1.56 bits per heavy atom. The van der Waals surface area contributed by atoms with E-state index in [4.69, 9.17) is 39.8 Å². The third-order valence-electron chi connectivity index (χ3n) is 11.6. The number of nitrogens with one attached hydrogen (secondary N) is 1. The summed E-state index contributed by atoms with van der Waals surface area (Å²) in [4.78, 5) is 17.2. The molecule has 0 spiro atoms. The van der Waals surface area contributed by atoms with Crippen molar-refractivity contribution in [2.75, 3.05) is 0 Å². The highest BCUT2D eigenvalue weighted by atomic mass is 35.5. The maximum Gasteiger partial charge on any atom is 0.306 e. The van der Waals surface area contributed by atoms with Gasteiger partial charge in [0.15, 0.2) is 5.84 Å². The molecule has 0 aliphatic heterocycles. The molecule has 36 heavy (non-hydrogen) atoms. The Morgan fingerprint density at radius 2 is 1.19 bits per heavy atom. The Kier molecular flexibility index (Phi) is 6.65. The first-order chi connectivity index (χ1) is 17.1. The summed E-state index contributed by atoms with van der Waals surface area (Å²) in [6.07, 6.45) is 15.4. The molecule has 8 saturated carbocycles. The van der Waals surface area contributed by atoms with Gasteiger partial charge >= 0.3 is 6.04 Å². The van der Waals surface area contributed by atoms with Crippen LogP contribution in [0.25, 0.3) is 0 Å². The normalized spacial score (nSPS) is 44.9. The number of aliphatic imine (C=N–C) groups is 1. The number of rotatable bonds is 7. The van der Waals surface area contributed by atoms with Crippen molar-refractivity contribution < 1.29 is 4.92 Å². The van der Waals surface area contributed by atoms with E-state index in [9.17, 15) is 10.1 Å². The Balaban J connectivity index is 1.32. The van der Waals surface area contributed by atoms with E-state index < -0.39 is 6.04 Å². The summed E-state index contributed by atoms with van der Waals surface area (Å²) in [6, 6.07) is -1.27. The first-order valence-electron chi connectivity index (χ1n) is 14.2. The van der Waals surface area contributed by atoms with E-state index in [0.29, 0.717) is 5.84 Å². The van der Waals surface area contributed by atoms with Gasteiger partial charge in [-0.05, 0) is 137 Å². The van der Waals surface area contributed by atoms with Gasteiger partial charge < -0.3 is 5.32 Å². The Labute approximate surface area is 230 Å². The first kappa shape index (κ1) is 25.7. The van der Waals surface area contributed by atoms with Gasteiger partial charge in [-0.15, -0.1) is 0 Å². The highest BCUT2D eigenvalue weighted by molar-refractivity contribution is 6.59. The van der Waals surface area contributed by atoms with Crippen LogP contribution in [0.15, 0.2) is 14.5 Å². The molecule has 0 heterocycles. The van der Waals surface area contributed by atoms with Gasteiger partial charge in [0.1, 0.15) is 9.52 Å². The average Bonchev–Trinajstić information content (AvgIpc) is 2.76. The van der Waals surface area contributed by atoms with Crippen LogP contribution >= 0.6 is 34.8 Å². The van der Waals surface area contributed by atoms with E-state index in [1.54, 1.807) is 0 Å². The fraction of sp³-hybridized carbons (Fsp3) is 0.893. The molecular weight excluding hydrogens is 517 g/mol. The molecule has 8 aliphatic carbocycles. The summed E-state index contributed by atoms with van der Waals surface area (Å²) in [5.74, 6) is 5.15. The van der Waals surface area contributed by atoms with Crippen molar-refractivity contribution >= 4 is 40.6 Å². The SMILES string of the molecule is CC(N=C(NC(C)C12CC3CC(CC(C3)C1)C2)C(C(Cl)=C(Cl)Cl)[N+](=O)[O-])C12CC3CC(CC(C3)C1)C2. The molecular formula is C28H40Cl3N3O2. The lowest BCUT2D eigenvalue weighted by Gasteiger charge is -2.59. The van der Waals surface area contributed by atoms with E-state index in [1.807, 2.05) is 0 Å². The molecule has 8 bridgehead atoms. The molecule has 1 N–H and O–H groups in total.